The summed E-state index contributed by atoms with van der Waals surface area (Å²) in [5, 5.41) is 0.448. The molecule has 1 unspecified atom stereocenters. The molecule has 28 heavy (non-hydrogen) atoms. The molecule has 0 radical (unpaired) electrons. The van der Waals surface area contributed by atoms with Gasteiger partial charge in [-0.2, -0.15) is 4.31 Å². The number of rotatable bonds is 4. The summed E-state index contributed by atoms with van der Waals surface area (Å²) in [6.45, 7) is 2.47. The topological polar surface area (TPSA) is 57.7 Å². The zero-order valence-corrected chi connectivity index (χ0v) is 18.9. The second-order valence-corrected chi connectivity index (χ2v) is 10.2. The standard InChI is InChI=1S/C20H22BrClN2O3S/c1-14-5-3-4-12-24(14)28(26,27)17-9-6-15(7-10-17)20(25)23(2)19-11-8-16(21)13-18(19)22/h6-11,13-14H,3-5,12H2,1-2H3. The Kier molecular flexibility index (Phi) is 6.49. The highest BCUT2D eigenvalue weighted by molar-refractivity contribution is 9.10. The Morgan fingerprint density at radius 2 is 1.86 bits per heavy atom. The molecule has 0 aliphatic carbocycles. The van der Waals surface area contributed by atoms with E-state index in [1.165, 1.54) is 17.0 Å². The van der Waals surface area contributed by atoms with E-state index in [2.05, 4.69) is 15.9 Å². The molecule has 1 aliphatic rings. The highest BCUT2D eigenvalue weighted by atomic mass is 79.9. The van der Waals surface area contributed by atoms with Crippen LogP contribution in [0.1, 0.15) is 36.5 Å². The first-order chi connectivity index (χ1) is 13.2. The number of benzene rings is 2. The quantitative estimate of drug-likeness (QED) is 0.616. The summed E-state index contributed by atoms with van der Waals surface area (Å²) in [6, 6.07) is 11.4. The van der Waals surface area contributed by atoms with Crippen molar-refractivity contribution in [2.45, 2.75) is 37.1 Å². The second kappa shape index (κ2) is 8.53. The molecule has 8 heteroatoms. The van der Waals surface area contributed by atoms with E-state index in [0.717, 1.165) is 23.7 Å². The Morgan fingerprint density at radius 3 is 2.46 bits per heavy atom. The van der Waals surface area contributed by atoms with Crippen LogP contribution in [0.2, 0.25) is 5.02 Å². The van der Waals surface area contributed by atoms with Crippen molar-refractivity contribution < 1.29 is 13.2 Å². The highest BCUT2D eigenvalue weighted by Crippen LogP contribution is 2.30. The number of halogens is 2. The maximum atomic E-state index is 12.9. The van der Waals surface area contributed by atoms with Gasteiger partial charge in [-0.3, -0.25) is 4.79 Å². The Bertz CT molecular complexity index is 979. The maximum Gasteiger partial charge on any atom is 0.258 e. The molecule has 2 aromatic carbocycles. The Morgan fingerprint density at radius 1 is 1.18 bits per heavy atom. The van der Waals surface area contributed by atoms with Gasteiger partial charge in [0.25, 0.3) is 5.91 Å². The zero-order valence-electron chi connectivity index (χ0n) is 15.7. The Hall–Kier alpha value is -1.41. The lowest BCUT2D eigenvalue weighted by molar-refractivity contribution is 0.0993. The second-order valence-electron chi connectivity index (χ2n) is 6.94. The minimum atomic E-state index is -3.56. The van der Waals surface area contributed by atoms with Gasteiger partial charge in [-0.25, -0.2) is 8.42 Å². The number of piperidine rings is 1. The molecular weight excluding hydrogens is 464 g/mol. The van der Waals surface area contributed by atoms with Gasteiger partial charge in [0, 0.05) is 29.7 Å². The number of carbonyl (C=O) groups excluding carboxylic acids is 1. The molecule has 5 nitrogen and oxygen atoms in total. The molecule has 1 atom stereocenters. The van der Waals surface area contributed by atoms with Crippen molar-refractivity contribution in [3.05, 3.63) is 57.5 Å². The van der Waals surface area contributed by atoms with E-state index < -0.39 is 10.0 Å². The van der Waals surface area contributed by atoms with E-state index in [4.69, 9.17) is 11.6 Å². The largest absolute Gasteiger partial charge is 0.310 e. The number of carbonyl (C=O) groups is 1. The summed E-state index contributed by atoms with van der Waals surface area (Å²) in [6.07, 6.45) is 2.79. The third-order valence-electron chi connectivity index (χ3n) is 5.03. The number of hydrogen-bond acceptors (Lipinski definition) is 3. The third kappa shape index (κ3) is 4.27. The number of sulfonamides is 1. The van der Waals surface area contributed by atoms with Crippen LogP contribution in [0.3, 0.4) is 0 Å². The molecule has 150 valence electrons. The van der Waals surface area contributed by atoms with Crippen LogP contribution in [0.5, 0.6) is 0 Å². The lowest BCUT2D eigenvalue weighted by Crippen LogP contribution is -2.41. The molecule has 1 amide bonds. The lowest BCUT2D eigenvalue weighted by atomic mass is 10.1. The number of hydrogen-bond donors (Lipinski definition) is 0. The first-order valence-electron chi connectivity index (χ1n) is 9.07. The molecule has 0 aromatic heterocycles. The molecule has 2 aromatic rings. The van der Waals surface area contributed by atoms with Gasteiger partial charge in [-0.15, -0.1) is 0 Å². The fourth-order valence-corrected chi connectivity index (χ4v) is 5.89. The molecule has 3 rings (SSSR count). The average molecular weight is 486 g/mol. The van der Waals surface area contributed by atoms with Crippen molar-refractivity contribution in [1.82, 2.24) is 4.31 Å². The summed E-state index contributed by atoms with van der Waals surface area (Å²) in [5.74, 6) is -0.264. The molecule has 0 saturated carbocycles. The summed E-state index contributed by atoms with van der Waals surface area (Å²) >= 11 is 9.57. The Balaban J connectivity index is 1.82. The van der Waals surface area contributed by atoms with Crippen LogP contribution in [0, 0.1) is 0 Å². The normalized spacial score (nSPS) is 18.1. The zero-order chi connectivity index (χ0) is 20.5. The lowest BCUT2D eigenvalue weighted by Gasteiger charge is -2.32. The highest BCUT2D eigenvalue weighted by Gasteiger charge is 2.31. The Labute approximate surface area is 179 Å². The number of nitrogens with zero attached hydrogens (tertiary/aromatic N) is 2. The fraction of sp³-hybridized carbons (Fsp3) is 0.350. The van der Waals surface area contributed by atoms with E-state index in [9.17, 15) is 13.2 Å². The summed E-state index contributed by atoms with van der Waals surface area (Å²) in [5.41, 5.74) is 0.973. The van der Waals surface area contributed by atoms with Gasteiger partial charge in [-0.05, 0) is 62.2 Å². The van der Waals surface area contributed by atoms with Crippen molar-refractivity contribution in [3.63, 3.8) is 0 Å². The van der Waals surface area contributed by atoms with Crippen LogP contribution in [0.15, 0.2) is 51.8 Å². The number of anilines is 1. The average Bonchev–Trinajstić information content (AvgIpc) is 2.67. The third-order valence-corrected chi connectivity index (χ3v) is 7.85. The van der Waals surface area contributed by atoms with E-state index in [1.54, 1.807) is 41.7 Å². The summed E-state index contributed by atoms with van der Waals surface area (Å²) < 4.78 is 28.2. The smallest absolute Gasteiger partial charge is 0.258 e. The minimum Gasteiger partial charge on any atom is -0.310 e. The van der Waals surface area contributed by atoms with E-state index in [-0.39, 0.29) is 16.8 Å². The fourth-order valence-electron chi connectivity index (χ4n) is 3.39. The van der Waals surface area contributed by atoms with Gasteiger partial charge in [0.15, 0.2) is 0 Å². The molecule has 0 bridgehead atoms. The van der Waals surface area contributed by atoms with Gasteiger partial charge >= 0.3 is 0 Å². The molecule has 0 spiro atoms. The molecular formula is C20H22BrClN2O3S. The van der Waals surface area contributed by atoms with Crippen molar-refractivity contribution in [3.8, 4) is 0 Å². The first kappa shape index (κ1) is 21.3. The van der Waals surface area contributed by atoms with Crippen molar-refractivity contribution in [2.75, 3.05) is 18.5 Å². The van der Waals surface area contributed by atoms with Crippen LogP contribution in [-0.2, 0) is 10.0 Å². The molecule has 1 saturated heterocycles. The molecule has 1 heterocycles. The molecule has 1 aliphatic heterocycles. The van der Waals surface area contributed by atoms with Crippen molar-refractivity contribution >= 4 is 49.1 Å². The minimum absolute atomic E-state index is 0.00858. The molecule has 0 N–H and O–H groups in total. The van der Waals surface area contributed by atoms with Crippen LogP contribution in [0.4, 0.5) is 5.69 Å². The molecule has 1 fully saturated rings. The van der Waals surface area contributed by atoms with Gasteiger partial charge in [-0.1, -0.05) is 34.0 Å². The summed E-state index contributed by atoms with van der Waals surface area (Å²) in [7, 11) is -1.92. The van der Waals surface area contributed by atoms with Crippen molar-refractivity contribution in [2.24, 2.45) is 0 Å². The SMILES string of the molecule is CC1CCCCN1S(=O)(=O)c1ccc(C(=O)N(C)c2ccc(Br)cc2Cl)cc1. The van der Waals surface area contributed by atoms with Gasteiger partial charge in [0.1, 0.15) is 0 Å². The summed E-state index contributed by atoms with van der Waals surface area (Å²) in [4.78, 5) is 14.5. The van der Waals surface area contributed by atoms with Crippen molar-refractivity contribution in [1.29, 1.82) is 0 Å². The monoisotopic (exact) mass is 484 g/mol. The van der Waals surface area contributed by atoms with Gasteiger partial charge < -0.3 is 4.90 Å². The van der Waals surface area contributed by atoms with Crippen LogP contribution < -0.4 is 4.90 Å². The predicted octanol–water partition coefficient (Wildman–Crippen LogP) is 4.94. The van der Waals surface area contributed by atoms with Crippen LogP contribution in [0.25, 0.3) is 0 Å². The van der Waals surface area contributed by atoms with E-state index in [1.807, 2.05) is 6.92 Å². The van der Waals surface area contributed by atoms with Gasteiger partial charge in [0.2, 0.25) is 10.0 Å². The van der Waals surface area contributed by atoms with Gasteiger partial charge in [0.05, 0.1) is 15.6 Å². The van der Waals surface area contributed by atoms with Crippen LogP contribution >= 0.6 is 27.5 Å². The maximum absolute atomic E-state index is 12.9. The number of amides is 1. The van der Waals surface area contributed by atoms with E-state index >= 15 is 0 Å². The first-order valence-corrected chi connectivity index (χ1v) is 11.7. The van der Waals surface area contributed by atoms with Crippen LogP contribution in [-0.4, -0.2) is 38.3 Å². The van der Waals surface area contributed by atoms with E-state index in [0.29, 0.717) is 22.8 Å². The predicted molar refractivity (Wildman–Crippen MR) is 116 cm³/mol.